The van der Waals surface area contributed by atoms with E-state index < -0.39 is 0 Å². The van der Waals surface area contributed by atoms with Crippen LogP contribution >= 0.6 is 0 Å². The van der Waals surface area contributed by atoms with Crippen LogP contribution in [0.3, 0.4) is 0 Å². The molecule has 2 aromatic rings. The zero-order valence-electron chi connectivity index (χ0n) is 7.83. The van der Waals surface area contributed by atoms with Crippen molar-refractivity contribution in [1.29, 1.82) is 0 Å². The maximum Gasteiger partial charge on any atom is 0.155 e. The van der Waals surface area contributed by atoms with Gasteiger partial charge >= 0.3 is 0 Å². The Kier molecular flexibility index (Phi) is 2.36. The summed E-state index contributed by atoms with van der Waals surface area (Å²) in [5.41, 5.74) is 1.12. The normalized spacial score (nSPS) is 10.9. The van der Waals surface area contributed by atoms with E-state index in [2.05, 4.69) is 15.0 Å². The molecule has 0 fully saturated rings. The molecule has 0 aromatic carbocycles. The Labute approximate surface area is 82.0 Å². The maximum absolute atomic E-state index is 3.99. The van der Waals surface area contributed by atoms with Crippen molar-refractivity contribution in [3.05, 3.63) is 42.5 Å². The number of rotatable bonds is 2. The van der Waals surface area contributed by atoms with Gasteiger partial charge in [-0.25, -0.2) is 15.0 Å². The third kappa shape index (κ3) is 1.85. The number of nitrogens with zero attached hydrogens (tertiary/aromatic N) is 4. The van der Waals surface area contributed by atoms with E-state index in [1.165, 1.54) is 12.7 Å². The van der Waals surface area contributed by atoms with Gasteiger partial charge in [-0.2, -0.15) is 0 Å². The van der Waals surface area contributed by atoms with Crippen molar-refractivity contribution in [3.8, 4) is 0 Å². The lowest BCUT2D eigenvalue weighted by Crippen LogP contribution is -1.89. The average Bonchev–Trinajstić information content (AvgIpc) is 2.63. The Morgan fingerprint density at radius 2 is 2.00 bits per heavy atom. The first-order valence-corrected chi connectivity index (χ1v) is 4.28. The van der Waals surface area contributed by atoms with E-state index in [4.69, 9.17) is 0 Å². The van der Waals surface area contributed by atoms with Gasteiger partial charge in [0.25, 0.3) is 0 Å². The molecule has 0 amide bonds. The maximum atomic E-state index is 3.99. The first-order valence-electron chi connectivity index (χ1n) is 4.28. The van der Waals surface area contributed by atoms with Crippen LogP contribution in [0.5, 0.6) is 0 Å². The van der Waals surface area contributed by atoms with Crippen LogP contribution < -0.4 is 0 Å². The van der Waals surface area contributed by atoms with Crippen molar-refractivity contribution >= 4 is 12.2 Å². The van der Waals surface area contributed by atoms with Gasteiger partial charge in [0.15, 0.2) is 5.82 Å². The minimum absolute atomic E-state index is 0.668. The molecule has 0 saturated heterocycles. The van der Waals surface area contributed by atoms with Crippen LogP contribution in [0.25, 0.3) is 12.2 Å². The molecule has 0 unspecified atom stereocenters. The van der Waals surface area contributed by atoms with E-state index in [1.807, 2.05) is 42.1 Å². The Hall–Kier alpha value is -1.97. The van der Waals surface area contributed by atoms with Gasteiger partial charge in [0.05, 0.1) is 0 Å². The molecule has 0 N–H and O–H groups in total. The zero-order chi connectivity index (χ0) is 9.80. The summed E-state index contributed by atoms with van der Waals surface area (Å²) >= 11 is 0. The minimum atomic E-state index is 0.668. The molecule has 0 radical (unpaired) electrons. The molecular formula is C10H10N4. The highest BCUT2D eigenvalue weighted by Crippen LogP contribution is 2.04. The molecule has 2 aromatic heterocycles. The largest absolute Gasteiger partial charge is 0.351 e. The summed E-state index contributed by atoms with van der Waals surface area (Å²) in [5, 5.41) is 0. The van der Waals surface area contributed by atoms with Crippen molar-refractivity contribution in [1.82, 2.24) is 19.5 Å². The molecule has 0 spiro atoms. The summed E-state index contributed by atoms with van der Waals surface area (Å²) in [7, 11) is 1.99. The quantitative estimate of drug-likeness (QED) is 0.711. The van der Waals surface area contributed by atoms with Gasteiger partial charge in [0, 0.05) is 18.9 Å². The highest BCUT2D eigenvalue weighted by Gasteiger charge is 1.91. The van der Waals surface area contributed by atoms with E-state index in [0.717, 1.165) is 5.69 Å². The molecule has 2 heterocycles. The van der Waals surface area contributed by atoms with Crippen LogP contribution in [-0.4, -0.2) is 19.5 Å². The molecular weight excluding hydrogens is 176 g/mol. The highest BCUT2D eigenvalue weighted by molar-refractivity contribution is 5.64. The molecule has 0 saturated carbocycles. The smallest absolute Gasteiger partial charge is 0.155 e. The summed E-state index contributed by atoms with van der Waals surface area (Å²) in [5.74, 6) is 0.668. The first kappa shape index (κ1) is 8.62. The van der Waals surface area contributed by atoms with Crippen molar-refractivity contribution in [2.45, 2.75) is 0 Å². The second-order valence-corrected chi connectivity index (χ2v) is 2.87. The molecule has 0 aliphatic rings. The number of aryl methyl sites for hydroxylation is 1. The SMILES string of the molecule is Cn1cccc1C=Cc1ncncn1. The van der Waals surface area contributed by atoms with Crippen LogP contribution in [-0.2, 0) is 7.05 Å². The second-order valence-electron chi connectivity index (χ2n) is 2.87. The second kappa shape index (κ2) is 3.83. The van der Waals surface area contributed by atoms with Gasteiger partial charge in [0.2, 0.25) is 0 Å². The van der Waals surface area contributed by atoms with Gasteiger partial charge in [0.1, 0.15) is 12.7 Å². The molecule has 4 nitrogen and oxygen atoms in total. The standard InChI is InChI=1S/C10H10N4/c1-14-6-2-3-9(14)4-5-10-12-7-11-8-13-10/h2-8H,1H3. The van der Waals surface area contributed by atoms with Crippen LogP contribution in [0.1, 0.15) is 11.5 Å². The molecule has 70 valence electrons. The lowest BCUT2D eigenvalue weighted by molar-refractivity contribution is 0.915. The lowest BCUT2D eigenvalue weighted by Gasteiger charge is -1.94. The van der Waals surface area contributed by atoms with Crippen molar-refractivity contribution < 1.29 is 0 Å². The van der Waals surface area contributed by atoms with Gasteiger partial charge in [-0.05, 0) is 24.3 Å². The predicted molar refractivity (Wildman–Crippen MR) is 54.2 cm³/mol. The van der Waals surface area contributed by atoms with E-state index in [0.29, 0.717) is 5.82 Å². The summed E-state index contributed by atoms with van der Waals surface area (Å²) in [6.45, 7) is 0. The average molecular weight is 186 g/mol. The monoisotopic (exact) mass is 186 g/mol. The summed E-state index contributed by atoms with van der Waals surface area (Å²) in [4.78, 5) is 11.7. The highest BCUT2D eigenvalue weighted by atomic mass is 15.0. The molecule has 0 aliphatic carbocycles. The fraction of sp³-hybridized carbons (Fsp3) is 0.100. The first-order chi connectivity index (χ1) is 6.86. The van der Waals surface area contributed by atoms with Gasteiger partial charge in [-0.15, -0.1) is 0 Å². The molecule has 0 atom stereocenters. The topological polar surface area (TPSA) is 43.6 Å². The number of hydrogen-bond acceptors (Lipinski definition) is 3. The van der Waals surface area contributed by atoms with E-state index in [9.17, 15) is 0 Å². The Morgan fingerprint density at radius 1 is 1.21 bits per heavy atom. The third-order valence-corrected chi connectivity index (χ3v) is 1.90. The van der Waals surface area contributed by atoms with E-state index >= 15 is 0 Å². The van der Waals surface area contributed by atoms with Gasteiger partial charge in [-0.3, -0.25) is 0 Å². The predicted octanol–water partition coefficient (Wildman–Crippen LogP) is 1.38. The third-order valence-electron chi connectivity index (χ3n) is 1.90. The molecule has 14 heavy (non-hydrogen) atoms. The zero-order valence-corrected chi connectivity index (χ0v) is 7.83. The van der Waals surface area contributed by atoms with Gasteiger partial charge in [-0.1, -0.05) is 0 Å². The van der Waals surface area contributed by atoms with Crippen molar-refractivity contribution in [2.24, 2.45) is 7.05 Å². The molecule has 2 rings (SSSR count). The van der Waals surface area contributed by atoms with Crippen LogP contribution in [0.4, 0.5) is 0 Å². The molecule has 4 heteroatoms. The van der Waals surface area contributed by atoms with Crippen molar-refractivity contribution in [3.63, 3.8) is 0 Å². The van der Waals surface area contributed by atoms with Crippen LogP contribution in [0, 0.1) is 0 Å². The lowest BCUT2D eigenvalue weighted by atomic mass is 10.3. The summed E-state index contributed by atoms with van der Waals surface area (Å²) < 4.78 is 2.03. The summed E-state index contributed by atoms with van der Waals surface area (Å²) in [6, 6.07) is 4.02. The Morgan fingerprint density at radius 3 is 2.64 bits per heavy atom. The van der Waals surface area contributed by atoms with E-state index in [1.54, 1.807) is 0 Å². The number of hydrogen-bond donors (Lipinski definition) is 0. The minimum Gasteiger partial charge on any atom is -0.351 e. The van der Waals surface area contributed by atoms with Crippen molar-refractivity contribution in [2.75, 3.05) is 0 Å². The molecule has 0 aliphatic heterocycles. The van der Waals surface area contributed by atoms with Crippen LogP contribution in [0.15, 0.2) is 31.0 Å². The van der Waals surface area contributed by atoms with Crippen LogP contribution in [0.2, 0.25) is 0 Å². The van der Waals surface area contributed by atoms with E-state index in [-0.39, 0.29) is 0 Å². The Balaban J connectivity index is 2.20. The Bertz CT molecular complexity index is 430. The number of aromatic nitrogens is 4. The fourth-order valence-corrected chi connectivity index (χ4v) is 1.14. The fourth-order valence-electron chi connectivity index (χ4n) is 1.14. The molecule has 0 bridgehead atoms. The summed E-state index contributed by atoms with van der Waals surface area (Å²) in [6.07, 6.45) is 8.79. The van der Waals surface area contributed by atoms with Gasteiger partial charge < -0.3 is 4.57 Å².